The van der Waals surface area contributed by atoms with Crippen molar-refractivity contribution >= 4 is 5.91 Å². The van der Waals surface area contributed by atoms with Crippen molar-refractivity contribution in [1.82, 2.24) is 14.7 Å². The smallest absolute Gasteiger partial charge is 0.257 e. The summed E-state index contributed by atoms with van der Waals surface area (Å²) in [5.74, 6) is 1.37. The molecule has 3 heterocycles. The first kappa shape index (κ1) is 19.6. The molecular weight excluding hydrogens is 394 g/mol. The molecule has 1 saturated heterocycles. The zero-order valence-electron chi connectivity index (χ0n) is 17.5. The van der Waals surface area contributed by atoms with E-state index in [-0.39, 0.29) is 12.0 Å². The van der Waals surface area contributed by atoms with E-state index in [0.717, 1.165) is 23.3 Å². The van der Waals surface area contributed by atoms with Gasteiger partial charge in [-0.25, -0.2) is 0 Å². The molecule has 3 aromatic rings. The lowest BCUT2D eigenvalue weighted by Gasteiger charge is -2.33. The zero-order valence-corrected chi connectivity index (χ0v) is 17.5. The molecule has 2 aliphatic heterocycles. The van der Waals surface area contributed by atoms with Crippen molar-refractivity contribution in [3.8, 4) is 22.8 Å². The number of carbonyl (C=O) groups excluding carboxylic acids is 1. The fourth-order valence-corrected chi connectivity index (χ4v) is 4.04. The number of rotatable bonds is 3. The molecule has 0 bridgehead atoms. The molecule has 7 heteroatoms. The molecule has 0 aliphatic carbocycles. The molecule has 31 heavy (non-hydrogen) atoms. The SMILES string of the molecule is Cn1cc(C(=O)N2CCOC(c3ccccc3)C2)c(-c2ccc3c(c2)OCCCO3)n1. The van der Waals surface area contributed by atoms with Crippen LogP contribution in [0.5, 0.6) is 11.5 Å². The minimum absolute atomic E-state index is 0.0422. The van der Waals surface area contributed by atoms with Crippen molar-refractivity contribution in [2.45, 2.75) is 12.5 Å². The van der Waals surface area contributed by atoms with E-state index < -0.39 is 0 Å². The molecule has 0 radical (unpaired) electrons. The van der Waals surface area contributed by atoms with Gasteiger partial charge in [0.15, 0.2) is 11.5 Å². The lowest BCUT2D eigenvalue weighted by atomic mass is 10.0. The Hall–Kier alpha value is -3.32. The Kier molecular flexibility index (Phi) is 5.34. The molecule has 1 atom stereocenters. The number of hydrogen-bond donors (Lipinski definition) is 0. The van der Waals surface area contributed by atoms with Crippen LogP contribution in [0.15, 0.2) is 54.7 Å². The van der Waals surface area contributed by atoms with Gasteiger partial charge in [0.2, 0.25) is 0 Å². The molecule has 1 fully saturated rings. The number of aromatic nitrogens is 2. The van der Waals surface area contributed by atoms with Crippen molar-refractivity contribution in [2.75, 3.05) is 32.9 Å². The number of aryl methyl sites for hydroxylation is 1. The maximum absolute atomic E-state index is 13.5. The Morgan fingerprint density at radius 1 is 1.03 bits per heavy atom. The summed E-state index contributed by atoms with van der Waals surface area (Å²) in [6, 6.07) is 15.7. The van der Waals surface area contributed by atoms with Gasteiger partial charge in [0, 0.05) is 31.8 Å². The largest absolute Gasteiger partial charge is 0.490 e. The number of amides is 1. The van der Waals surface area contributed by atoms with Crippen molar-refractivity contribution in [2.24, 2.45) is 7.05 Å². The molecule has 2 aromatic carbocycles. The number of nitrogens with zero attached hydrogens (tertiary/aromatic N) is 3. The second kappa shape index (κ2) is 8.43. The summed E-state index contributed by atoms with van der Waals surface area (Å²) in [7, 11) is 1.83. The number of hydrogen-bond acceptors (Lipinski definition) is 5. The highest BCUT2D eigenvalue weighted by Crippen LogP contribution is 2.35. The first-order valence-corrected chi connectivity index (χ1v) is 10.6. The van der Waals surface area contributed by atoms with Crippen molar-refractivity contribution in [1.29, 1.82) is 0 Å². The fourth-order valence-electron chi connectivity index (χ4n) is 4.04. The van der Waals surface area contributed by atoms with Crippen LogP contribution in [0.3, 0.4) is 0 Å². The molecular formula is C24H25N3O4. The van der Waals surface area contributed by atoms with Crippen LogP contribution < -0.4 is 9.47 Å². The summed E-state index contributed by atoms with van der Waals surface area (Å²) in [6.45, 7) is 2.82. The van der Waals surface area contributed by atoms with Crippen LogP contribution >= 0.6 is 0 Å². The number of benzene rings is 2. The number of ether oxygens (including phenoxy) is 3. The Morgan fingerprint density at radius 2 is 1.84 bits per heavy atom. The Balaban J connectivity index is 1.42. The van der Waals surface area contributed by atoms with Gasteiger partial charge in [0.1, 0.15) is 11.8 Å². The highest BCUT2D eigenvalue weighted by atomic mass is 16.5. The third-order valence-corrected chi connectivity index (χ3v) is 5.61. The van der Waals surface area contributed by atoms with Crippen LogP contribution in [0.4, 0.5) is 0 Å². The molecule has 0 spiro atoms. The van der Waals surface area contributed by atoms with Crippen LogP contribution in [0.2, 0.25) is 0 Å². The third-order valence-electron chi connectivity index (χ3n) is 5.61. The average molecular weight is 419 g/mol. The fraction of sp³-hybridized carbons (Fsp3) is 0.333. The molecule has 160 valence electrons. The monoisotopic (exact) mass is 419 g/mol. The van der Waals surface area contributed by atoms with Gasteiger partial charge >= 0.3 is 0 Å². The van der Waals surface area contributed by atoms with E-state index in [2.05, 4.69) is 5.10 Å². The third kappa shape index (κ3) is 4.01. The van der Waals surface area contributed by atoms with Crippen molar-refractivity contribution in [3.63, 3.8) is 0 Å². The highest BCUT2D eigenvalue weighted by Gasteiger charge is 2.29. The summed E-state index contributed by atoms with van der Waals surface area (Å²) in [5.41, 5.74) is 3.13. The van der Waals surface area contributed by atoms with Crippen LogP contribution in [-0.2, 0) is 11.8 Å². The molecule has 7 nitrogen and oxygen atoms in total. The normalized spacial score (nSPS) is 18.5. The van der Waals surface area contributed by atoms with E-state index in [1.165, 1.54) is 0 Å². The van der Waals surface area contributed by atoms with Crippen molar-refractivity contribution in [3.05, 3.63) is 65.9 Å². The van der Waals surface area contributed by atoms with E-state index in [4.69, 9.17) is 14.2 Å². The number of carbonyl (C=O) groups is 1. The average Bonchev–Trinajstić information content (AvgIpc) is 3.05. The first-order valence-electron chi connectivity index (χ1n) is 10.6. The second-order valence-corrected chi connectivity index (χ2v) is 7.80. The van der Waals surface area contributed by atoms with Crippen LogP contribution in [-0.4, -0.2) is 53.5 Å². The van der Waals surface area contributed by atoms with Gasteiger partial charge < -0.3 is 19.1 Å². The van der Waals surface area contributed by atoms with Gasteiger partial charge in [0.25, 0.3) is 5.91 Å². The number of fused-ring (bicyclic) bond motifs is 1. The lowest BCUT2D eigenvalue weighted by molar-refractivity contribution is -0.0228. The van der Waals surface area contributed by atoms with E-state index in [1.54, 1.807) is 10.9 Å². The predicted octanol–water partition coefficient (Wildman–Crippen LogP) is 3.46. The van der Waals surface area contributed by atoms with E-state index in [9.17, 15) is 4.79 Å². The molecule has 1 aromatic heterocycles. The van der Waals surface area contributed by atoms with Gasteiger partial charge in [-0.2, -0.15) is 5.10 Å². The van der Waals surface area contributed by atoms with Gasteiger partial charge in [-0.05, 0) is 23.8 Å². The molecule has 1 amide bonds. The van der Waals surface area contributed by atoms with Crippen LogP contribution in [0, 0.1) is 0 Å². The van der Waals surface area contributed by atoms with E-state index >= 15 is 0 Å². The first-order chi connectivity index (χ1) is 15.2. The maximum atomic E-state index is 13.5. The zero-order chi connectivity index (χ0) is 21.2. The van der Waals surface area contributed by atoms with Gasteiger partial charge in [-0.1, -0.05) is 30.3 Å². The topological polar surface area (TPSA) is 65.8 Å². The maximum Gasteiger partial charge on any atom is 0.257 e. The van der Waals surface area contributed by atoms with E-state index in [1.807, 2.05) is 60.5 Å². The van der Waals surface area contributed by atoms with Gasteiger partial charge in [-0.3, -0.25) is 9.48 Å². The minimum atomic E-state index is -0.128. The summed E-state index contributed by atoms with van der Waals surface area (Å²) < 4.78 is 19.2. The standard InChI is InChI=1S/C24H25N3O4/c1-26-15-19(23(25-26)18-8-9-20-21(14-18)30-12-5-11-29-20)24(28)27-10-13-31-22(16-27)17-6-3-2-4-7-17/h2-4,6-9,14-15,22H,5,10-13,16H2,1H3. The molecule has 2 aliphatic rings. The van der Waals surface area contributed by atoms with Gasteiger partial charge in [-0.15, -0.1) is 0 Å². The molecule has 0 saturated carbocycles. The Labute approximate surface area is 181 Å². The quantitative estimate of drug-likeness (QED) is 0.651. The summed E-state index contributed by atoms with van der Waals surface area (Å²) in [6.07, 6.45) is 2.50. The van der Waals surface area contributed by atoms with Gasteiger partial charge in [0.05, 0.1) is 31.9 Å². The van der Waals surface area contributed by atoms with Crippen molar-refractivity contribution < 1.29 is 19.0 Å². The van der Waals surface area contributed by atoms with Crippen LogP contribution in [0.1, 0.15) is 28.4 Å². The predicted molar refractivity (Wildman–Crippen MR) is 115 cm³/mol. The highest BCUT2D eigenvalue weighted by molar-refractivity contribution is 6.00. The lowest BCUT2D eigenvalue weighted by Crippen LogP contribution is -2.42. The summed E-state index contributed by atoms with van der Waals surface area (Å²) in [4.78, 5) is 15.3. The Bertz CT molecular complexity index is 1080. The molecule has 5 rings (SSSR count). The number of morpholine rings is 1. The van der Waals surface area contributed by atoms with Crippen LogP contribution in [0.25, 0.3) is 11.3 Å². The summed E-state index contributed by atoms with van der Waals surface area (Å²) in [5, 5.41) is 4.59. The second-order valence-electron chi connectivity index (χ2n) is 7.80. The summed E-state index contributed by atoms with van der Waals surface area (Å²) >= 11 is 0. The minimum Gasteiger partial charge on any atom is -0.490 e. The van der Waals surface area contributed by atoms with E-state index in [0.29, 0.717) is 49.9 Å². The molecule has 1 unspecified atom stereocenters. The molecule has 0 N–H and O–H groups in total. The Morgan fingerprint density at radius 3 is 2.68 bits per heavy atom.